The van der Waals surface area contributed by atoms with E-state index in [4.69, 9.17) is 33.2 Å². The molecule has 2 fully saturated rings. The molecule has 4 rings (SSSR count). The maximum absolute atomic E-state index is 13.6. The van der Waals surface area contributed by atoms with Crippen LogP contribution in [0.1, 0.15) is 105 Å². The highest BCUT2D eigenvalue weighted by atomic mass is 16.7. The lowest BCUT2D eigenvalue weighted by Gasteiger charge is -2.48. The van der Waals surface area contributed by atoms with E-state index in [2.05, 4.69) is 6.92 Å². The first kappa shape index (κ1) is 50.3. The van der Waals surface area contributed by atoms with Gasteiger partial charge in [0.1, 0.15) is 11.4 Å². The summed E-state index contributed by atoms with van der Waals surface area (Å²) in [5, 5.41) is 22.3. The van der Waals surface area contributed by atoms with Gasteiger partial charge in [0.05, 0.1) is 53.7 Å². The monoisotopic (exact) mass is 862 g/mol. The molecule has 346 valence electrons. The number of methoxy groups -OCH3 is 1. The molecule has 0 unspecified atom stereocenters. The molecule has 1 amide bonds. The summed E-state index contributed by atoms with van der Waals surface area (Å²) < 4.78 is 43.8. The van der Waals surface area contributed by atoms with Gasteiger partial charge in [0.2, 0.25) is 5.79 Å². The van der Waals surface area contributed by atoms with Crippen molar-refractivity contribution in [2.45, 2.75) is 155 Å². The van der Waals surface area contributed by atoms with Crippen LogP contribution >= 0.6 is 0 Å². The highest BCUT2D eigenvalue weighted by Crippen LogP contribution is 2.41. The van der Waals surface area contributed by atoms with E-state index in [-0.39, 0.29) is 36.7 Å². The molecule has 1 aromatic carbocycles. The fourth-order valence-electron chi connectivity index (χ4n) is 9.07. The molecule has 0 radical (unpaired) electrons. The van der Waals surface area contributed by atoms with E-state index in [1.54, 1.807) is 57.0 Å². The topological polar surface area (TPSA) is 166 Å². The van der Waals surface area contributed by atoms with Gasteiger partial charge in [0, 0.05) is 46.5 Å². The molecule has 0 aromatic heterocycles. The summed E-state index contributed by atoms with van der Waals surface area (Å²) in [6, 6.07) is 7.98. The minimum absolute atomic E-state index is 0.0836. The number of hydrogen-bond donors (Lipinski definition) is 2. The summed E-state index contributed by atoms with van der Waals surface area (Å²) in [6.45, 7) is 19.6. The highest BCUT2D eigenvalue weighted by Gasteiger charge is 2.51. The average Bonchev–Trinajstić information content (AvgIpc) is 3.18. The third kappa shape index (κ3) is 13.1. The molecule has 0 aliphatic carbocycles. The molecule has 1 aromatic rings. The minimum atomic E-state index is -1.24. The average molecular weight is 862 g/mol. The van der Waals surface area contributed by atoms with E-state index in [0.717, 1.165) is 0 Å². The number of benzene rings is 1. The van der Waals surface area contributed by atoms with Crippen LogP contribution < -0.4 is 0 Å². The number of piperidine rings is 1. The fraction of sp³-hybridized carbons (Fsp3) is 0.761. The number of aliphatic hydroxyl groups is 2. The molecule has 3 aliphatic rings. The lowest BCUT2D eigenvalue weighted by Crippen LogP contribution is -2.60. The molecular formula is C46H75N3O12. The van der Waals surface area contributed by atoms with Gasteiger partial charge in [-0.15, -0.1) is 0 Å². The molecule has 2 saturated heterocycles. The molecule has 0 bridgehead atoms. The Hall–Kier alpha value is -3.31. The summed E-state index contributed by atoms with van der Waals surface area (Å²) in [6.07, 6.45) is -1.99. The number of rotatable bonds is 17. The zero-order valence-electron chi connectivity index (χ0n) is 39.1. The number of carbonyl (C=O) groups is 3. The third-order valence-corrected chi connectivity index (χ3v) is 12.3. The minimum Gasteiger partial charge on any atom is -0.456 e. The summed E-state index contributed by atoms with van der Waals surface area (Å²) in [5.74, 6) is -2.65. The van der Waals surface area contributed by atoms with Crippen LogP contribution in [0.2, 0.25) is 0 Å². The third-order valence-electron chi connectivity index (χ3n) is 12.3. The molecule has 61 heavy (non-hydrogen) atoms. The Bertz CT molecular complexity index is 1640. The summed E-state index contributed by atoms with van der Waals surface area (Å²) in [5.41, 5.74) is -0.953. The number of ether oxygens (including phenoxy) is 7. The molecule has 2 N–H and O–H groups in total. The second-order valence-electron chi connectivity index (χ2n) is 19.4. The maximum atomic E-state index is 13.6. The molecule has 3 heterocycles. The maximum Gasteiger partial charge on any atom is 0.410 e. The number of esters is 2. The van der Waals surface area contributed by atoms with Gasteiger partial charge in [-0.3, -0.25) is 4.90 Å². The number of aliphatic hydroxyl groups excluding tert-OH is 2. The summed E-state index contributed by atoms with van der Waals surface area (Å²) in [7, 11) is 7.37. The van der Waals surface area contributed by atoms with Crippen molar-refractivity contribution in [1.82, 2.24) is 14.7 Å². The van der Waals surface area contributed by atoms with Gasteiger partial charge in [-0.25, -0.2) is 14.4 Å². The van der Waals surface area contributed by atoms with Crippen molar-refractivity contribution >= 4 is 18.0 Å². The zero-order valence-corrected chi connectivity index (χ0v) is 39.1. The molecule has 0 spiro atoms. The van der Waals surface area contributed by atoms with Crippen molar-refractivity contribution < 1.29 is 57.8 Å². The van der Waals surface area contributed by atoms with Gasteiger partial charge in [-0.2, -0.15) is 0 Å². The van der Waals surface area contributed by atoms with E-state index < -0.39 is 65.5 Å². The van der Waals surface area contributed by atoms with Gasteiger partial charge in [0.15, 0.2) is 12.4 Å². The van der Waals surface area contributed by atoms with E-state index in [1.807, 2.05) is 78.6 Å². The number of carbonyl (C=O) groups excluding carboxylic acids is 3. The van der Waals surface area contributed by atoms with Gasteiger partial charge in [-0.05, 0) is 112 Å². The number of likely N-dealkylation sites (N-methyl/N-ethyl adjacent to an activating group) is 2. The van der Waals surface area contributed by atoms with Gasteiger partial charge in [-0.1, -0.05) is 32.0 Å². The SMILES string of the molecule is CO[C@](C)(C[C@@H](C)CN(C)[C@H](CO)[C@H](O)C1CCN(C(=O)OC(C)(C)C)CC1)[C@H](O[C@@H]1O[C@H](C)C[C@H](N(C)C)[C@H]1OC(=O)c1ccccc1)[C@@H](C)C1=C(C)C(=O)OC(C)(C)O1. The Kier molecular flexibility index (Phi) is 17.3. The predicted molar refractivity (Wildman–Crippen MR) is 229 cm³/mol. The van der Waals surface area contributed by atoms with Crippen molar-refractivity contribution in [3.8, 4) is 0 Å². The van der Waals surface area contributed by atoms with Crippen LogP contribution in [0.15, 0.2) is 41.7 Å². The standard InChI is InChI=1S/C46H75N3O12/c1-28(26-48(13)35(27-50)36(51)32-20-22-49(23-21-32)43(54)61-44(5,6)7)25-46(10,55-14)39(30(3)37-31(4)40(52)60-45(8,9)59-37)58-42-38(34(47(11)12)24-29(2)56-42)57-41(53)33-18-16-15-17-19-33/h15-19,28-30,32,34-36,38-39,42,50-51H,20-27H2,1-14H3/t28-,29-,30+,34+,35-,36-,38-,39-,42+,46-/m1/s1. The normalized spacial score (nSPS) is 26.1. The van der Waals surface area contributed by atoms with Crippen molar-refractivity contribution in [3.63, 3.8) is 0 Å². The lowest BCUT2D eigenvalue weighted by atomic mass is 9.80. The molecule has 10 atom stereocenters. The number of cyclic esters (lactones) is 1. The van der Waals surface area contributed by atoms with Crippen LogP contribution in [0.4, 0.5) is 4.79 Å². The molecule has 3 aliphatic heterocycles. The van der Waals surface area contributed by atoms with E-state index in [9.17, 15) is 24.6 Å². The van der Waals surface area contributed by atoms with Crippen LogP contribution in [0, 0.1) is 17.8 Å². The first-order valence-electron chi connectivity index (χ1n) is 21.8. The highest BCUT2D eigenvalue weighted by molar-refractivity contribution is 5.90. The Morgan fingerprint density at radius 1 is 1.03 bits per heavy atom. The predicted octanol–water partition coefficient (Wildman–Crippen LogP) is 5.61. The summed E-state index contributed by atoms with van der Waals surface area (Å²) >= 11 is 0. The largest absolute Gasteiger partial charge is 0.456 e. The first-order chi connectivity index (χ1) is 28.4. The van der Waals surface area contributed by atoms with Gasteiger partial charge in [0.25, 0.3) is 0 Å². The molecule has 0 saturated carbocycles. The smallest absolute Gasteiger partial charge is 0.410 e. The Balaban J connectivity index is 1.61. The van der Waals surface area contributed by atoms with Crippen LogP contribution in [-0.4, -0.2) is 157 Å². The van der Waals surface area contributed by atoms with E-state index in [0.29, 0.717) is 62.2 Å². The van der Waals surface area contributed by atoms with E-state index >= 15 is 0 Å². The van der Waals surface area contributed by atoms with Crippen LogP contribution in [0.5, 0.6) is 0 Å². The number of hydrogen-bond acceptors (Lipinski definition) is 14. The zero-order chi connectivity index (χ0) is 45.6. The number of nitrogens with zero attached hydrogens (tertiary/aromatic N) is 3. The molecule has 15 nitrogen and oxygen atoms in total. The van der Waals surface area contributed by atoms with Crippen LogP contribution in [0.3, 0.4) is 0 Å². The van der Waals surface area contributed by atoms with Gasteiger partial charge < -0.3 is 53.2 Å². The van der Waals surface area contributed by atoms with Crippen molar-refractivity contribution in [2.75, 3.05) is 54.5 Å². The fourth-order valence-corrected chi connectivity index (χ4v) is 9.07. The lowest BCUT2D eigenvalue weighted by molar-refractivity contribution is -0.298. The van der Waals surface area contributed by atoms with Crippen LogP contribution in [0.25, 0.3) is 0 Å². The number of amides is 1. The van der Waals surface area contributed by atoms with Crippen molar-refractivity contribution in [3.05, 3.63) is 47.2 Å². The Morgan fingerprint density at radius 3 is 2.21 bits per heavy atom. The first-order valence-corrected chi connectivity index (χ1v) is 21.8. The van der Waals surface area contributed by atoms with Crippen molar-refractivity contribution in [1.29, 1.82) is 0 Å². The second kappa shape index (κ2) is 20.9. The van der Waals surface area contributed by atoms with Crippen LogP contribution in [-0.2, 0) is 38.0 Å². The Labute approximate surface area is 363 Å². The number of likely N-dealkylation sites (tertiary alicyclic amines) is 1. The Morgan fingerprint density at radius 2 is 1.66 bits per heavy atom. The molecular weight excluding hydrogens is 787 g/mol. The molecule has 15 heteroatoms. The van der Waals surface area contributed by atoms with Crippen molar-refractivity contribution in [2.24, 2.45) is 17.8 Å². The quantitative estimate of drug-likeness (QED) is 0.147. The van der Waals surface area contributed by atoms with E-state index in [1.165, 1.54) is 0 Å². The van der Waals surface area contributed by atoms with Gasteiger partial charge >= 0.3 is 18.0 Å². The second-order valence-corrected chi connectivity index (χ2v) is 19.4. The summed E-state index contributed by atoms with van der Waals surface area (Å²) in [4.78, 5) is 45.2.